The maximum atomic E-state index is 13.2. The largest absolute Gasteiger partial charge is 0.377 e. The minimum atomic E-state index is 0.145. The molecule has 3 heterocycles. The summed E-state index contributed by atoms with van der Waals surface area (Å²) in [5, 5.41) is 0. The predicted molar refractivity (Wildman–Crippen MR) is 123 cm³/mol. The summed E-state index contributed by atoms with van der Waals surface area (Å²) in [6.45, 7) is 3.19. The first-order valence-electron chi connectivity index (χ1n) is 11.3. The fraction of sp³-hybridized carbons (Fsp3) is 0.370. The molecule has 162 valence electrons. The standard InChI is InChI=1S/C27H31NO3/c29-27-23-12-6-18-30-20-24-10-4-5-11-25(24)21-31-19-7-13-26(15-14-23)28(27)17-16-22-8-2-1-3-9-22/h1-5,8-11,14-15H,6-7,12-13,16-21H2. The van der Waals surface area contributed by atoms with E-state index < -0.39 is 0 Å². The van der Waals surface area contributed by atoms with E-state index in [1.807, 2.05) is 28.8 Å². The SMILES string of the molecule is O=c1c2ccc(n1CCc1ccccc1)CCCOCc1ccccc1COCCC2. The third-order valence-electron chi connectivity index (χ3n) is 5.90. The van der Waals surface area contributed by atoms with Crippen molar-refractivity contribution < 1.29 is 9.47 Å². The maximum absolute atomic E-state index is 13.2. The number of rotatable bonds is 3. The van der Waals surface area contributed by atoms with Crippen molar-refractivity contribution in [1.82, 2.24) is 4.57 Å². The second kappa shape index (κ2) is 11.1. The summed E-state index contributed by atoms with van der Waals surface area (Å²) in [5.41, 5.74) is 5.75. The Bertz CT molecular complexity index is 1030. The first-order chi connectivity index (χ1) is 15.3. The van der Waals surface area contributed by atoms with Gasteiger partial charge in [-0.3, -0.25) is 4.79 Å². The third-order valence-corrected chi connectivity index (χ3v) is 5.90. The maximum Gasteiger partial charge on any atom is 0.253 e. The summed E-state index contributed by atoms with van der Waals surface area (Å²) >= 11 is 0. The Labute approximate surface area is 184 Å². The Kier molecular flexibility index (Phi) is 7.70. The number of aromatic nitrogens is 1. The normalized spacial score (nSPS) is 15.5. The second-order valence-corrected chi connectivity index (χ2v) is 8.12. The van der Waals surface area contributed by atoms with Crippen molar-refractivity contribution in [2.75, 3.05) is 13.2 Å². The average molecular weight is 418 g/mol. The first-order valence-corrected chi connectivity index (χ1v) is 11.3. The van der Waals surface area contributed by atoms with Gasteiger partial charge in [0.05, 0.1) is 13.2 Å². The van der Waals surface area contributed by atoms with Crippen LogP contribution in [0, 0.1) is 0 Å². The van der Waals surface area contributed by atoms with E-state index in [0.717, 1.165) is 43.4 Å². The molecule has 0 N–H and O–H groups in total. The van der Waals surface area contributed by atoms with Crippen molar-refractivity contribution in [3.05, 3.63) is 105 Å². The summed E-state index contributed by atoms with van der Waals surface area (Å²) in [6.07, 6.45) is 4.17. The van der Waals surface area contributed by atoms with Crippen molar-refractivity contribution >= 4 is 0 Å². The molecule has 0 fully saturated rings. The van der Waals surface area contributed by atoms with Crippen molar-refractivity contribution in [3.8, 4) is 0 Å². The summed E-state index contributed by atoms with van der Waals surface area (Å²) in [6, 6.07) is 22.8. The van der Waals surface area contributed by atoms with Crippen LogP contribution in [0.3, 0.4) is 0 Å². The number of hydrogen-bond donors (Lipinski definition) is 0. The monoisotopic (exact) mass is 417 g/mol. The molecular formula is C27H31NO3. The fourth-order valence-electron chi connectivity index (χ4n) is 4.12. The Morgan fingerprint density at radius 2 is 1.35 bits per heavy atom. The number of aryl methyl sites for hydroxylation is 3. The van der Waals surface area contributed by atoms with E-state index in [4.69, 9.17) is 9.47 Å². The molecule has 0 radical (unpaired) electrons. The molecule has 2 aromatic carbocycles. The van der Waals surface area contributed by atoms with Crippen molar-refractivity contribution in [1.29, 1.82) is 0 Å². The van der Waals surface area contributed by atoms with Gasteiger partial charge >= 0.3 is 0 Å². The van der Waals surface area contributed by atoms with Crippen LogP contribution in [0.4, 0.5) is 0 Å². The quantitative estimate of drug-likeness (QED) is 0.620. The van der Waals surface area contributed by atoms with Gasteiger partial charge in [0, 0.05) is 31.0 Å². The highest BCUT2D eigenvalue weighted by atomic mass is 16.5. The molecule has 2 bridgehead atoms. The van der Waals surface area contributed by atoms with Crippen LogP contribution in [0.2, 0.25) is 0 Å². The summed E-state index contributed by atoms with van der Waals surface area (Å²) in [5.74, 6) is 0. The van der Waals surface area contributed by atoms with Gasteiger partial charge in [0.25, 0.3) is 5.56 Å². The van der Waals surface area contributed by atoms with Gasteiger partial charge in [0.2, 0.25) is 0 Å². The number of hydrogen-bond acceptors (Lipinski definition) is 3. The minimum absolute atomic E-state index is 0.145. The zero-order valence-corrected chi connectivity index (χ0v) is 18.1. The Morgan fingerprint density at radius 1 is 0.710 bits per heavy atom. The Balaban J connectivity index is 1.50. The van der Waals surface area contributed by atoms with Gasteiger partial charge in [-0.25, -0.2) is 0 Å². The van der Waals surface area contributed by atoms with Gasteiger partial charge in [0.15, 0.2) is 0 Å². The molecule has 31 heavy (non-hydrogen) atoms. The number of ether oxygens (including phenoxy) is 2. The van der Waals surface area contributed by atoms with Gasteiger partial charge in [-0.15, -0.1) is 0 Å². The van der Waals surface area contributed by atoms with Gasteiger partial charge in [-0.2, -0.15) is 0 Å². The summed E-state index contributed by atoms with van der Waals surface area (Å²) in [7, 11) is 0. The zero-order valence-electron chi connectivity index (χ0n) is 18.1. The fourth-order valence-corrected chi connectivity index (χ4v) is 4.12. The van der Waals surface area contributed by atoms with Gasteiger partial charge in [0.1, 0.15) is 0 Å². The van der Waals surface area contributed by atoms with Crippen LogP contribution in [-0.2, 0) is 48.5 Å². The van der Waals surface area contributed by atoms with E-state index in [0.29, 0.717) is 33.0 Å². The Hall–Kier alpha value is -2.69. The Morgan fingerprint density at radius 3 is 2.06 bits per heavy atom. The van der Waals surface area contributed by atoms with E-state index in [2.05, 4.69) is 42.5 Å². The molecule has 4 nitrogen and oxygen atoms in total. The first kappa shape index (κ1) is 21.5. The highest BCUT2D eigenvalue weighted by Gasteiger charge is 2.11. The summed E-state index contributed by atoms with van der Waals surface area (Å²) in [4.78, 5) is 13.2. The molecule has 0 saturated carbocycles. The van der Waals surface area contributed by atoms with Crippen LogP contribution in [-0.4, -0.2) is 17.8 Å². The van der Waals surface area contributed by atoms with Crippen LogP contribution in [0.15, 0.2) is 71.5 Å². The molecule has 5 rings (SSSR count). The molecule has 0 saturated heterocycles. The molecule has 2 aliphatic rings. The van der Waals surface area contributed by atoms with E-state index >= 15 is 0 Å². The average Bonchev–Trinajstić information content (AvgIpc) is 2.80. The number of fused-ring (bicyclic) bond motifs is 10. The van der Waals surface area contributed by atoms with Crippen LogP contribution < -0.4 is 5.56 Å². The minimum Gasteiger partial charge on any atom is -0.377 e. The van der Waals surface area contributed by atoms with Crippen LogP contribution >= 0.6 is 0 Å². The van der Waals surface area contributed by atoms with Crippen LogP contribution in [0.5, 0.6) is 0 Å². The number of pyridine rings is 1. The molecule has 3 aromatic rings. The number of nitrogens with zero attached hydrogens (tertiary/aromatic N) is 1. The highest BCUT2D eigenvalue weighted by molar-refractivity contribution is 5.26. The molecule has 0 aliphatic carbocycles. The van der Waals surface area contributed by atoms with E-state index in [1.165, 1.54) is 16.7 Å². The van der Waals surface area contributed by atoms with Gasteiger partial charge in [-0.1, -0.05) is 60.7 Å². The highest BCUT2D eigenvalue weighted by Crippen LogP contribution is 2.14. The summed E-state index contributed by atoms with van der Waals surface area (Å²) < 4.78 is 13.8. The lowest BCUT2D eigenvalue weighted by atomic mass is 10.1. The molecule has 0 unspecified atom stereocenters. The smallest absolute Gasteiger partial charge is 0.253 e. The lowest BCUT2D eigenvalue weighted by Gasteiger charge is -2.16. The molecule has 4 heteroatoms. The van der Waals surface area contributed by atoms with Gasteiger partial charge in [-0.05, 0) is 54.9 Å². The number of benzene rings is 2. The lowest BCUT2D eigenvalue weighted by Crippen LogP contribution is -2.28. The topological polar surface area (TPSA) is 40.5 Å². The van der Waals surface area contributed by atoms with Gasteiger partial charge < -0.3 is 14.0 Å². The van der Waals surface area contributed by atoms with Crippen molar-refractivity contribution in [2.24, 2.45) is 0 Å². The molecule has 1 aromatic heterocycles. The second-order valence-electron chi connectivity index (χ2n) is 8.12. The molecule has 2 aliphatic heterocycles. The zero-order chi connectivity index (χ0) is 21.3. The molecule has 0 amide bonds. The van der Waals surface area contributed by atoms with Crippen LogP contribution in [0.25, 0.3) is 0 Å². The van der Waals surface area contributed by atoms with E-state index in [1.54, 1.807) is 0 Å². The third kappa shape index (κ3) is 5.93. The van der Waals surface area contributed by atoms with Crippen molar-refractivity contribution in [2.45, 2.75) is 51.9 Å². The molecule has 0 atom stereocenters. The predicted octanol–water partition coefficient (Wildman–Crippen LogP) is 4.70. The lowest BCUT2D eigenvalue weighted by molar-refractivity contribution is 0.105. The molecular weight excluding hydrogens is 386 g/mol. The van der Waals surface area contributed by atoms with Crippen molar-refractivity contribution in [3.63, 3.8) is 0 Å². The van der Waals surface area contributed by atoms with E-state index in [9.17, 15) is 4.79 Å². The molecule has 0 spiro atoms. The van der Waals surface area contributed by atoms with Crippen LogP contribution in [0.1, 0.15) is 40.8 Å². The van der Waals surface area contributed by atoms with E-state index in [-0.39, 0.29) is 5.56 Å².